The van der Waals surface area contributed by atoms with Gasteiger partial charge in [0, 0.05) is 10.2 Å². The first-order valence-electron chi connectivity index (χ1n) is 6.20. The molecule has 1 unspecified atom stereocenters. The van der Waals surface area contributed by atoms with E-state index in [4.69, 9.17) is 4.74 Å². The highest BCUT2D eigenvalue weighted by Gasteiger charge is 2.38. The van der Waals surface area contributed by atoms with Crippen molar-refractivity contribution in [1.82, 2.24) is 4.98 Å². The summed E-state index contributed by atoms with van der Waals surface area (Å²) in [7, 11) is 1.30. The number of nitrogens with zero attached hydrogens (tertiary/aromatic N) is 1. The van der Waals surface area contributed by atoms with Crippen LogP contribution in [0.15, 0.2) is 47.1 Å². The molecule has 0 fully saturated rings. The summed E-state index contributed by atoms with van der Waals surface area (Å²) in [6.45, 7) is 1.64. The van der Waals surface area contributed by atoms with Gasteiger partial charge in [-0.15, -0.1) is 0 Å². The van der Waals surface area contributed by atoms with E-state index >= 15 is 0 Å². The molecule has 0 radical (unpaired) electrons. The molecule has 1 atom stereocenters. The third-order valence-electron chi connectivity index (χ3n) is 3.09. The summed E-state index contributed by atoms with van der Waals surface area (Å²) >= 11 is 3.41. The molecule has 1 aromatic carbocycles. The standard InChI is InChI=1S/C15H14BrFN2O2/c1-15(14(20)21-2,13-8-7-10(17)9-18-13)19-12-6-4-3-5-11(12)16/h3-9,19H,1-2H3. The maximum absolute atomic E-state index is 13.0. The fourth-order valence-corrected chi connectivity index (χ4v) is 2.31. The number of hydrogen-bond donors (Lipinski definition) is 1. The molecular weight excluding hydrogens is 339 g/mol. The minimum atomic E-state index is -1.23. The Labute approximate surface area is 130 Å². The molecule has 6 heteroatoms. The van der Waals surface area contributed by atoms with Crippen molar-refractivity contribution in [2.45, 2.75) is 12.5 Å². The molecule has 1 heterocycles. The quantitative estimate of drug-likeness (QED) is 0.855. The van der Waals surface area contributed by atoms with Gasteiger partial charge in [0.15, 0.2) is 5.54 Å². The Hall–Kier alpha value is -1.95. The SMILES string of the molecule is COC(=O)C(C)(Nc1ccccc1Br)c1ccc(F)cn1. The zero-order chi connectivity index (χ0) is 15.5. The monoisotopic (exact) mass is 352 g/mol. The molecule has 21 heavy (non-hydrogen) atoms. The van der Waals surface area contributed by atoms with Gasteiger partial charge in [0.2, 0.25) is 0 Å². The van der Waals surface area contributed by atoms with E-state index in [0.29, 0.717) is 11.4 Å². The molecule has 110 valence electrons. The number of pyridine rings is 1. The van der Waals surface area contributed by atoms with Gasteiger partial charge >= 0.3 is 5.97 Å². The van der Waals surface area contributed by atoms with Crippen LogP contribution in [-0.2, 0) is 15.1 Å². The van der Waals surface area contributed by atoms with Crippen LogP contribution in [-0.4, -0.2) is 18.1 Å². The summed E-state index contributed by atoms with van der Waals surface area (Å²) in [6, 6.07) is 10.1. The van der Waals surface area contributed by atoms with Gasteiger partial charge < -0.3 is 10.1 Å². The lowest BCUT2D eigenvalue weighted by Crippen LogP contribution is -2.42. The molecule has 1 aromatic heterocycles. The highest BCUT2D eigenvalue weighted by Crippen LogP contribution is 2.30. The molecule has 0 aliphatic heterocycles. The molecule has 2 rings (SSSR count). The van der Waals surface area contributed by atoms with Crippen LogP contribution in [0, 0.1) is 5.82 Å². The number of hydrogen-bond acceptors (Lipinski definition) is 4. The van der Waals surface area contributed by atoms with Crippen molar-refractivity contribution in [1.29, 1.82) is 0 Å². The first-order chi connectivity index (χ1) is 9.97. The normalized spacial score (nSPS) is 13.3. The largest absolute Gasteiger partial charge is 0.467 e. The van der Waals surface area contributed by atoms with Gasteiger partial charge in [-0.2, -0.15) is 0 Å². The number of anilines is 1. The molecule has 4 nitrogen and oxygen atoms in total. The molecule has 0 bridgehead atoms. The summed E-state index contributed by atoms with van der Waals surface area (Å²) in [5.41, 5.74) is -0.158. The number of para-hydroxylation sites is 1. The Balaban J connectivity index is 2.45. The average molecular weight is 353 g/mol. The Morgan fingerprint density at radius 3 is 2.62 bits per heavy atom. The van der Waals surface area contributed by atoms with Gasteiger partial charge in [-0.25, -0.2) is 9.18 Å². The highest BCUT2D eigenvalue weighted by molar-refractivity contribution is 9.10. The zero-order valence-electron chi connectivity index (χ0n) is 11.6. The predicted octanol–water partition coefficient (Wildman–Crippen LogP) is 3.48. The Bertz CT molecular complexity index is 648. The van der Waals surface area contributed by atoms with Crippen molar-refractivity contribution in [3.63, 3.8) is 0 Å². The van der Waals surface area contributed by atoms with Crippen LogP contribution < -0.4 is 5.32 Å². The number of halogens is 2. The van der Waals surface area contributed by atoms with Gasteiger partial charge in [-0.3, -0.25) is 4.98 Å². The van der Waals surface area contributed by atoms with Crippen LogP contribution in [0.2, 0.25) is 0 Å². The molecule has 0 aliphatic carbocycles. The van der Waals surface area contributed by atoms with Gasteiger partial charge in [0.1, 0.15) is 5.82 Å². The number of ether oxygens (including phenoxy) is 1. The van der Waals surface area contributed by atoms with Gasteiger partial charge in [0.05, 0.1) is 19.0 Å². The van der Waals surface area contributed by atoms with Crippen LogP contribution in [0.1, 0.15) is 12.6 Å². The minimum absolute atomic E-state index is 0.367. The van der Waals surface area contributed by atoms with Crippen LogP contribution >= 0.6 is 15.9 Å². The first-order valence-corrected chi connectivity index (χ1v) is 7.00. The number of carbonyl (C=O) groups is 1. The fraction of sp³-hybridized carbons (Fsp3) is 0.200. The highest BCUT2D eigenvalue weighted by atomic mass is 79.9. The second kappa shape index (κ2) is 6.22. The molecule has 0 aliphatic rings. The number of benzene rings is 1. The molecule has 0 saturated carbocycles. The van der Waals surface area contributed by atoms with E-state index in [1.165, 1.54) is 19.2 Å². The van der Waals surface area contributed by atoms with E-state index in [0.717, 1.165) is 10.7 Å². The number of rotatable bonds is 4. The maximum Gasteiger partial charge on any atom is 0.337 e. The lowest BCUT2D eigenvalue weighted by Gasteiger charge is -2.29. The third kappa shape index (κ3) is 3.21. The Morgan fingerprint density at radius 1 is 1.33 bits per heavy atom. The van der Waals surface area contributed by atoms with E-state index in [2.05, 4.69) is 26.2 Å². The number of carbonyl (C=O) groups excluding carboxylic acids is 1. The van der Waals surface area contributed by atoms with Crippen LogP contribution in [0.3, 0.4) is 0 Å². The van der Waals surface area contributed by atoms with E-state index in [1.807, 2.05) is 24.3 Å². The van der Waals surface area contributed by atoms with E-state index < -0.39 is 17.3 Å². The molecule has 0 spiro atoms. The van der Waals surface area contributed by atoms with Crippen molar-refractivity contribution in [3.05, 3.63) is 58.6 Å². The van der Waals surface area contributed by atoms with Crippen molar-refractivity contribution in [3.8, 4) is 0 Å². The molecule has 2 aromatic rings. The average Bonchev–Trinajstić information content (AvgIpc) is 2.49. The van der Waals surface area contributed by atoms with E-state index in [1.54, 1.807) is 6.92 Å². The summed E-state index contributed by atoms with van der Waals surface area (Å²) in [5, 5.41) is 3.10. The fourth-order valence-electron chi connectivity index (χ4n) is 1.93. The molecule has 0 saturated heterocycles. The third-order valence-corrected chi connectivity index (χ3v) is 3.78. The second-order valence-electron chi connectivity index (χ2n) is 4.58. The number of aromatic nitrogens is 1. The predicted molar refractivity (Wildman–Crippen MR) is 81.3 cm³/mol. The second-order valence-corrected chi connectivity index (χ2v) is 5.44. The van der Waals surface area contributed by atoms with E-state index in [-0.39, 0.29) is 0 Å². The van der Waals surface area contributed by atoms with Crippen LogP contribution in [0.25, 0.3) is 0 Å². The molecule has 1 N–H and O–H groups in total. The number of methoxy groups -OCH3 is 1. The smallest absolute Gasteiger partial charge is 0.337 e. The summed E-state index contributed by atoms with van der Waals surface area (Å²) in [6.07, 6.45) is 1.07. The van der Waals surface area contributed by atoms with Gasteiger partial charge in [0.25, 0.3) is 0 Å². The topological polar surface area (TPSA) is 51.2 Å². The Kier molecular flexibility index (Phi) is 4.57. The number of esters is 1. The van der Waals surface area contributed by atoms with Crippen molar-refractivity contribution in [2.75, 3.05) is 12.4 Å². The summed E-state index contributed by atoms with van der Waals surface area (Å²) in [4.78, 5) is 16.2. The van der Waals surface area contributed by atoms with Crippen LogP contribution in [0.4, 0.5) is 10.1 Å². The molecular formula is C15H14BrFN2O2. The van der Waals surface area contributed by atoms with Crippen LogP contribution in [0.5, 0.6) is 0 Å². The minimum Gasteiger partial charge on any atom is -0.467 e. The lowest BCUT2D eigenvalue weighted by molar-refractivity contribution is -0.145. The first kappa shape index (κ1) is 15.4. The summed E-state index contributed by atoms with van der Waals surface area (Å²) < 4.78 is 18.7. The number of nitrogens with one attached hydrogen (secondary N) is 1. The lowest BCUT2D eigenvalue weighted by atomic mass is 9.96. The van der Waals surface area contributed by atoms with Crippen molar-refractivity contribution >= 4 is 27.6 Å². The van der Waals surface area contributed by atoms with Gasteiger partial charge in [-0.05, 0) is 47.1 Å². The summed E-state index contributed by atoms with van der Waals surface area (Å²) in [5.74, 6) is -0.982. The van der Waals surface area contributed by atoms with Gasteiger partial charge in [-0.1, -0.05) is 12.1 Å². The maximum atomic E-state index is 13.0. The van der Waals surface area contributed by atoms with Crippen molar-refractivity contribution < 1.29 is 13.9 Å². The molecule has 0 amide bonds. The Morgan fingerprint density at radius 2 is 2.05 bits per heavy atom. The van der Waals surface area contributed by atoms with E-state index in [9.17, 15) is 9.18 Å². The zero-order valence-corrected chi connectivity index (χ0v) is 13.1. The van der Waals surface area contributed by atoms with Crippen molar-refractivity contribution in [2.24, 2.45) is 0 Å².